The van der Waals surface area contributed by atoms with Crippen LogP contribution in [0.2, 0.25) is 0 Å². The van der Waals surface area contributed by atoms with Crippen LogP contribution in [-0.4, -0.2) is 12.1 Å². The molecule has 0 amide bonds. The van der Waals surface area contributed by atoms with Crippen LogP contribution in [0.25, 0.3) is 0 Å². The van der Waals surface area contributed by atoms with Gasteiger partial charge in [-0.15, -0.1) is 0 Å². The van der Waals surface area contributed by atoms with Crippen molar-refractivity contribution in [2.24, 2.45) is 11.8 Å². The summed E-state index contributed by atoms with van der Waals surface area (Å²) in [5.74, 6) is 1.82. The van der Waals surface area contributed by atoms with Crippen molar-refractivity contribution < 1.29 is 0 Å². The van der Waals surface area contributed by atoms with Crippen LogP contribution in [0.3, 0.4) is 0 Å². The Bertz CT molecular complexity index is 259. The summed E-state index contributed by atoms with van der Waals surface area (Å²) in [7, 11) is 0. The molecule has 1 heteroatoms. The molecule has 1 rings (SSSR count). The van der Waals surface area contributed by atoms with Gasteiger partial charge in [0.25, 0.3) is 0 Å². The maximum absolute atomic E-state index is 3.56. The summed E-state index contributed by atoms with van der Waals surface area (Å²) in [5, 5.41) is 3.56. The fraction of sp³-hybridized carbons (Fsp3) is 0.882. The maximum Gasteiger partial charge on any atom is 0.00966 e. The van der Waals surface area contributed by atoms with Gasteiger partial charge >= 0.3 is 0 Å². The molecule has 0 bridgehead atoms. The van der Waals surface area contributed by atoms with E-state index in [4.69, 9.17) is 0 Å². The van der Waals surface area contributed by atoms with Gasteiger partial charge in [-0.3, -0.25) is 0 Å². The van der Waals surface area contributed by atoms with Gasteiger partial charge in [0.2, 0.25) is 0 Å². The Morgan fingerprint density at radius 2 is 1.89 bits per heavy atom. The lowest BCUT2D eigenvalue weighted by molar-refractivity contribution is 0.264. The lowest BCUT2D eigenvalue weighted by atomic mass is 9.74. The van der Waals surface area contributed by atoms with Gasteiger partial charge in [0.1, 0.15) is 0 Å². The molecule has 1 N–H and O–H groups in total. The van der Waals surface area contributed by atoms with Crippen LogP contribution in [-0.2, 0) is 0 Å². The van der Waals surface area contributed by atoms with Crippen molar-refractivity contribution in [3.8, 4) is 0 Å². The zero-order valence-electron chi connectivity index (χ0n) is 13.2. The quantitative estimate of drug-likeness (QED) is 0.540. The highest BCUT2D eigenvalue weighted by atomic mass is 14.9. The molecule has 18 heavy (non-hydrogen) atoms. The molecule has 1 fully saturated rings. The van der Waals surface area contributed by atoms with Gasteiger partial charge in [-0.2, -0.15) is 0 Å². The standard InChI is InChI=1S/C17H33N/c1-6-15-11-7-8-12-16(15)14(2)10-9-13-18-17(3,4)5/h10,15-16,18H,6-9,11-13H2,1-5H3. The molecule has 0 radical (unpaired) electrons. The van der Waals surface area contributed by atoms with Crippen LogP contribution >= 0.6 is 0 Å². The minimum absolute atomic E-state index is 0.249. The molecule has 106 valence electrons. The third-order valence-electron chi connectivity index (χ3n) is 4.28. The molecule has 1 aliphatic rings. The molecule has 0 aromatic rings. The van der Waals surface area contributed by atoms with Gasteiger partial charge in [0.05, 0.1) is 0 Å². The van der Waals surface area contributed by atoms with E-state index in [9.17, 15) is 0 Å². The van der Waals surface area contributed by atoms with Crippen molar-refractivity contribution in [1.82, 2.24) is 5.32 Å². The van der Waals surface area contributed by atoms with E-state index in [2.05, 4.69) is 46.0 Å². The highest BCUT2D eigenvalue weighted by molar-refractivity contribution is 5.06. The van der Waals surface area contributed by atoms with Crippen LogP contribution in [0.15, 0.2) is 11.6 Å². The van der Waals surface area contributed by atoms with Gasteiger partial charge < -0.3 is 5.32 Å². The highest BCUT2D eigenvalue weighted by Crippen LogP contribution is 2.36. The Morgan fingerprint density at radius 1 is 1.22 bits per heavy atom. The van der Waals surface area contributed by atoms with Crippen LogP contribution in [0.1, 0.15) is 73.1 Å². The minimum atomic E-state index is 0.249. The molecular formula is C17H33N. The van der Waals surface area contributed by atoms with Crippen molar-refractivity contribution in [2.45, 2.75) is 78.7 Å². The monoisotopic (exact) mass is 251 g/mol. The van der Waals surface area contributed by atoms with Gasteiger partial charge in [0, 0.05) is 5.54 Å². The second-order valence-corrected chi connectivity index (χ2v) is 6.97. The molecule has 0 saturated heterocycles. The van der Waals surface area contributed by atoms with E-state index >= 15 is 0 Å². The summed E-state index contributed by atoms with van der Waals surface area (Å²) in [4.78, 5) is 0. The van der Waals surface area contributed by atoms with Crippen molar-refractivity contribution in [3.63, 3.8) is 0 Å². The summed E-state index contributed by atoms with van der Waals surface area (Å²) >= 11 is 0. The molecule has 0 spiro atoms. The van der Waals surface area contributed by atoms with Crippen LogP contribution in [0.5, 0.6) is 0 Å². The van der Waals surface area contributed by atoms with Crippen molar-refractivity contribution in [3.05, 3.63) is 11.6 Å². The van der Waals surface area contributed by atoms with Crippen molar-refractivity contribution in [1.29, 1.82) is 0 Å². The number of nitrogens with one attached hydrogen (secondary N) is 1. The smallest absolute Gasteiger partial charge is 0.00966 e. The first-order valence-electron chi connectivity index (χ1n) is 7.85. The minimum Gasteiger partial charge on any atom is -0.312 e. The van der Waals surface area contributed by atoms with E-state index in [0.717, 1.165) is 18.4 Å². The first kappa shape index (κ1) is 15.8. The van der Waals surface area contributed by atoms with E-state index in [1.54, 1.807) is 5.57 Å². The Labute approximate surface area is 114 Å². The van der Waals surface area contributed by atoms with Gasteiger partial charge in [-0.05, 0) is 65.3 Å². The van der Waals surface area contributed by atoms with E-state index < -0.39 is 0 Å². The second kappa shape index (κ2) is 7.33. The maximum atomic E-state index is 3.56. The lowest BCUT2D eigenvalue weighted by Crippen LogP contribution is -2.36. The Hall–Kier alpha value is -0.300. The molecule has 1 saturated carbocycles. The first-order valence-corrected chi connectivity index (χ1v) is 7.85. The Kier molecular flexibility index (Phi) is 6.42. The molecule has 0 heterocycles. The zero-order valence-corrected chi connectivity index (χ0v) is 13.2. The number of allylic oxidation sites excluding steroid dienone is 1. The SMILES string of the molecule is CCC1CCCCC1C(C)=CCCNC(C)(C)C. The van der Waals surface area contributed by atoms with E-state index in [0.29, 0.717) is 0 Å². The molecule has 1 aliphatic carbocycles. The van der Waals surface area contributed by atoms with Crippen LogP contribution < -0.4 is 5.32 Å². The molecule has 2 unspecified atom stereocenters. The summed E-state index contributed by atoms with van der Waals surface area (Å²) in [6.45, 7) is 12.5. The second-order valence-electron chi connectivity index (χ2n) is 6.97. The molecule has 0 aromatic carbocycles. The Morgan fingerprint density at radius 3 is 2.50 bits per heavy atom. The zero-order chi connectivity index (χ0) is 13.6. The van der Waals surface area contributed by atoms with Crippen LogP contribution in [0.4, 0.5) is 0 Å². The third-order valence-corrected chi connectivity index (χ3v) is 4.28. The van der Waals surface area contributed by atoms with Gasteiger partial charge in [0.15, 0.2) is 0 Å². The normalized spacial score (nSPS) is 26.4. The summed E-state index contributed by atoms with van der Waals surface area (Å²) < 4.78 is 0. The van der Waals surface area contributed by atoms with Crippen molar-refractivity contribution in [2.75, 3.05) is 6.54 Å². The van der Waals surface area contributed by atoms with Crippen molar-refractivity contribution >= 4 is 0 Å². The largest absolute Gasteiger partial charge is 0.312 e. The van der Waals surface area contributed by atoms with E-state index in [-0.39, 0.29) is 5.54 Å². The average Bonchev–Trinajstić information content (AvgIpc) is 2.33. The summed E-state index contributed by atoms with van der Waals surface area (Å²) in [5.41, 5.74) is 1.90. The number of rotatable bonds is 5. The Balaban J connectivity index is 2.39. The fourth-order valence-corrected chi connectivity index (χ4v) is 3.19. The van der Waals surface area contributed by atoms with Gasteiger partial charge in [-0.25, -0.2) is 0 Å². The highest BCUT2D eigenvalue weighted by Gasteiger charge is 2.24. The topological polar surface area (TPSA) is 12.0 Å². The third kappa shape index (κ3) is 5.56. The summed E-state index contributed by atoms with van der Waals surface area (Å²) in [6.07, 6.45) is 10.8. The van der Waals surface area contributed by atoms with E-state index in [1.165, 1.54) is 38.5 Å². The molecule has 2 atom stereocenters. The average molecular weight is 251 g/mol. The predicted molar refractivity (Wildman–Crippen MR) is 81.9 cm³/mol. The lowest BCUT2D eigenvalue weighted by Gasteiger charge is -2.31. The predicted octanol–water partition coefficient (Wildman–Crippen LogP) is 4.93. The molecule has 1 nitrogen and oxygen atoms in total. The fourth-order valence-electron chi connectivity index (χ4n) is 3.19. The number of hydrogen-bond donors (Lipinski definition) is 1. The molecule has 0 aromatic heterocycles. The molecular weight excluding hydrogens is 218 g/mol. The number of hydrogen-bond acceptors (Lipinski definition) is 1. The van der Waals surface area contributed by atoms with E-state index in [1.807, 2.05) is 0 Å². The molecule has 0 aliphatic heterocycles. The van der Waals surface area contributed by atoms with Crippen LogP contribution in [0, 0.1) is 11.8 Å². The first-order chi connectivity index (χ1) is 8.44. The van der Waals surface area contributed by atoms with Gasteiger partial charge in [-0.1, -0.05) is 37.8 Å². The summed E-state index contributed by atoms with van der Waals surface area (Å²) in [6, 6.07) is 0.